The van der Waals surface area contributed by atoms with E-state index in [0.29, 0.717) is 13.2 Å². The van der Waals surface area contributed by atoms with Crippen LogP contribution in [0.5, 0.6) is 0 Å². The highest BCUT2D eigenvalue weighted by Crippen LogP contribution is 2.20. The number of amides is 1. The second-order valence-electron chi connectivity index (χ2n) is 3.46. The van der Waals surface area contributed by atoms with Crippen molar-refractivity contribution in [1.82, 2.24) is 4.90 Å². The molecule has 1 heterocycles. The van der Waals surface area contributed by atoms with Crippen LogP contribution in [0.15, 0.2) is 15.9 Å². The number of rotatable bonds is 5. The predicted octanol–water partition coefficient (Wildman–Crippen LogP) is 2.42. The first-order valence-corrected chi connectivity index (χ1v) is 6.82. The number of esters is 1. The van der Waals surface area contributed by atoms with E-state index < -0.39 is 5.97 Å². The molecule has 4 nitrogen and oxygen atoms in total. The molecule has 94 valence electrons. The van der Waals surface area contributed by atoms with Gasteiger partial charge in [0.25, 0.3) is 0 Å². The minimum Gasteiger partial charge on any atom is -0.466 e. The summed E-state index contributed by atoms with van der Waals surface area (Å²) in [4.78, 5) is 25.4. The van der Waals surface area contributed by atoms with E-state index in [1.165, 1.54) is 4.90 Å². The molecule has 1 rings (SSSR count). The van der Waals surface area contributed by atoms with Crippen molar-refractivity contribution in [2.75, 3.05) is 13.7 Å². The van der Waals surface area contributed by atoms with Gasteiger partial charge in [0.2, 0.25) is 5.91 Å². The molecule has 0 unspecified atom stereocenters. The van der Waals surface area contributed by atoms with Gasteiger partial charge in [-0.15, -0.1) is 11.3 Å². The SMILES string of the molecule is CCOC(=O)CC(=O)N(C)Cc1cc(Br)cs1. The number of carbonyl (C=O) groups is 2. The standard InChI is InChI=1S/C11H14BrNO3S/c1-3-16-11(15)5-10(14)13(2)6-9-4-8(12)7-17-9/h4,7H,3,5-6H2,1-2H3. The summed E-state index contributed by atoms with van der Waals surface area (Å²) in [5.41, 5.74) is 0. The fraction of sp³-hybridized carbons (Fsp3) is 0.455. The Morgan fingerprint density at radius 1 is 1.53 bits per heavy atom. The monoisotopic (exact) mass is 319 g/mol. The first-order valence-electron chi connectivity index (χ1n) is 5.15. The van der Waals surface area contributed by atoms with Crippen LogP contribution in [0.2, 0.25) is 0 Å². The number of hydrogen-bond acceptors (Lipinski definition) is 4. The summed E-state index contributed by atoms with van der Waals surface area (Å²) >= 11 is 4.92. The zero-order valence-corrected chi connectivity index (χ0v) is 12.1. The first-order chi connectivity index (χ1) is 8.02. The van der Waals surface area contributed by atoms with Crippen molar-refractivity contribution in [2.45, 2.75) is 19.9 Å². The van der Waals surface area contributed by atoms with Crippen LogP contribution >= 0.6 is 27.3 Å². The molecule has 0 atom stereocenters. The van der Waals surface area contributed by atoms with Crippen molar-refractivity contribution in [3.05, 3.63) is 20.8 Å². The summed E-state index contributed by atoms with van der Waals surface area (Å²) in [7, 11) is 1.68. The number of nitrogens with zero attached hydrogens (tertiary/aromatic N) is 1. The summed E-state index contributed by atoms with van der Waals surface area (Å²) in [5.74, 6) is -0.704. The zero-order valence-electron chi connectivity index (χ0n) is 9.73. The van der Waals surface area contributed by atoms with Crippen LogP contribution in [0.3, 0.4) is 0 Å². The van der Waals surface area contributed by atoms with Crippen LogP contribution in [0.25, 0.3) is 0 Å². The van der Waals surface area contributed by atoms with Crippen LogP contribution in [-0.4, -0.2) is 30.4 Å². The molecule has 0 saturated heterocycles. The molecule has 0 aliphatic carbocycles. The Hall–Kier alpha value is -0.880. The van der Waals surface area contributed by atoms with E-state index in [9.17, 15) is 9.59 Å². The largest absolute Gasteiger partial charge is 0.466 e. The van der Waals surface area contributed by atoms with Gasteiger partial charge in [-0.1, -0.05) is 0 Å². The van der Waals surface area contributed by atoms with Crippen LogP contribution in [0.4, 0.5) is 0 Å². The highest BCUT2D eigenvalue weighted by atomic mass is 79.9. The molecule has 1 amide bonds. The molecule has 1 aromatic rings. The molecule has 0 aromatic carbocycles. The van der Waals surface area contributed by atoms with Gasteiger partial charge in [0, 0.05) is 21.8 Å². The van der Waals surface area contributed by atoms with Crippen molar-refractivity contribution < 1.29 is 14.3 Å². The average molecular weight is 320 g/mol. The summed E-state index contributed by atoms with van der Waals surface area (Å²) in [5, 5.41) is 1.96. The van der Waals surface area contributed by atoms with Gasteiger partial charge in [0.15, 0.2) is 0 Å². The number of carbonyl (C=O) groups excluding carboxylic acids is 2. The predicted molar refractivity (Wildman–Crippen MR) is 69.7 cm³/mol. The number of ether oxygens (including phenoxy) is 1. The third-order valence-electron chi connectivity index (χ3n) is 2.04. The number of halogens is 1. The summed E-state index contributed by atoms with van der Waals surface area (Å²) in [6.45, 7) is 2.53. The molecular weight excluding hydrogens is 306 g/mol. The molecular formula is C11H14BrNO3S. The second kappa shape index (κ2) is 6.76. The van der Waals surface area contributed by atoms with Crippen molar-refractivity contribution >= 4 is 39.1 Å². The topological polar surface area (TPSA) is 46.6 Å². The van der Waals surface area contributed by atoms with E-state index in [2.05, 4.69) is 15.9 Å². The normalized spacial score (nSPS) is 10.1. The van der Waals surface area contributed by atoms with Gasteiger partial charge in [-0.05, 0) is 28.9 Å². The Morgan fingerprint density at radius 2 is 2.24 bits per heavy atom. The van der Waals surface area contributed by atoms with Crippen LogP contribution in [0.1, 0.15) is 18.2 Å². The Bertz CT molecular complexity index is 405. The van der Waals surface area contributed by atoms with Gasteiger partial charge in [-0.2, -0.15) is 0 Å². The fourth-order valence-electron chi connectivity index (χ4n) is 1.23. The van der Waals surface area contributed by atoms with Crippen LogP contribution in [-0.2, 0) is 20.9 Å². The first kappa shape index (κ1) is 14.2. The lowest BCUT2D eigenvalue weighted by atomic mass is 10.3. The highest BCUT2D eigenvalue weighted by molar-refractivity contribution is 9.10. The summed E-state index contributed by atoms with van der Waals surface area (Å²) in [6, 6.07) is 1.96. The Balaban J connectivity index is 2.44. The molecule has 1 aromatic heterocycles. The zero-order chi connectivity index (χ0) is 12.8. The molecule has 0 fully saturated rings. The molecule has 0 N–H and O–H groups in total. The van der Waals surface area contributed by atoms with E-state index in [1.807, 2.05) is 11.4 Å². The third kappa shape index (κ3) is 4.87. The molecule has 0 aliphatic heterocycles. The third-order valence-corrected chi connectivity index (χ3v) is 3.72. The second-order valence-corrected chi connectivity index (χ2v) is 5.37. The molecule has 0 bridgehead atoms. The maximum Gasteiger partial charge on any atom is 0.315 e. The minimum absolute atomic E-state index is 0.198. The molecule has 6 heteroatoms. The van der Waals surface area contributed by atoms with Crippen molar-refractivity contribution in [2.24, 2.45) is 0 Å². The van der Waals surface area contributed by atoms with Crippen LogP contribution in [0, 0.1) is 0 Å². The van der Waals surface area contributed by atoms with E-state index in [4.69, 9.17) is 4.74 Å². The van der Waals surface area contributed by atoms with E-state index >= 15 is 0 Å². The van der Waals surface area contributed by atoms with Gasteiger partial charge >= 0.3 is 5.97 Å². The van der Waals surface area contributed by atoms with E-state index in [1.54, 1.807) is 25.3 Å². The van der Waals surface area contributed by atoms with Crippen LogP contribution < -0.4 is 0 Å². The Kier molecular flexibility index (Phi) is 5.64. The smallest absolute Gasteiger partial charge is 0.315 e. The molecule has 0 radical (unpaired) electrons. The fourth-order valence-corrected chi connectivity index (χ4v) is 2.73. The average Bonchev–Trinajstić information content (AvgIpc) is 2.64. The Morgan fingerprint density at radius 3 is 2.76 bits per heavy atom. The van der Waals surface area contributed by atoms with E-state index in [-0.39, 0.29) is 12.3 Å². The minimum atomic E-state index is -0.475. The summed E-state index contributed by atoms with van der Waals surface area (Å²) < 4.78 is 5.73. The van der Waals surface area contributed by atoms with Crippen molar-refractivity contribution in [3.8, 4) is 0 Å². The number of hydrogen-bond donors (Lipinski definition) is 0. The molecule has 0 spiro atoms. The Labute approximate surface area is 113 Å². The summed E-state index contributed by atoms with van der Waals surface area (Å²) in [6.07, 6.45) is -0.198. The maximum absolute atomic E-state index is 11.7. The highest BCUT2D eigenvalue weighted by Gasteiger charge is 2.15. The lowest BCUT2D eigenvalue weighted by Gasteiger charge is -2.15. The molecule has 0 aliphatic rings. The number of thiophene rings is 1. The van der Waals surface area contributed by atoms with E-state index in [0.717, 1.165) is 9.35 Å². The lowest BCUT2D eigenvalue weighted by molar-refractivity contribution is -0.148. The van der Waals surface area contributed by atoms with Crippen molar-refractivity contribution in [3.63, 3.8) is 0 Å². The molecule has 0 saturated carbocycles. The van der Waals surface area contributed by atoms with Gasteiger partial charge in [-0.25, -0.2) is 0 Å². The van der Waals surface area contributed by atoms with Gasteiger partial charge in [0.05, 0.1) is 13.2 Å². The van der Waals surface area contributed by atoms with Gasteiger partial charge in [0.1, 0.15) is 6.42 Å². The maximum atomic E-state index is 11.7. The van der Waals surface area contributed by atoms with Gasteiger partial charge in [-0.3, -0.25) is 9.59 Å². The lowest BCUT2D eigenvalue weighted by Crippen LogP contribution is -2.28. The van der Waals surface area contributed by atoms with Crippen molar-refractivity contribution in [1.29, 1.82) is 0 Å². The van der Waals surface area contributed by atoms with Gasteiger partial charge < -0.3 is 9.64 Å². The quantitative estimate of drug-likeness (QED) is 0.618. The molecule has 17 heavy (non-hydrogen) atoms.